The van der Waals surface area contributed by atoms with Crippen molar-refractivity contribution in [2.24, 2.45) is 0 Å². The van der Waals surface area contributed by atoms with E-state index in [0.29, 0.717) is 35.7 Å². The second kappa shape index (κ2) is 12.2. The van der Waals surface area contributed by atoms with Gasteiger partial charge in [-0.25, -0.2) is 0 Å². The van der Waals surface area contributed by atoms with Crippen molar-refractivity contribution >= 4 is 34.2 Å². The van der Waals surface area contributed by atoms with E-state index in [9.17, 15) is 10.1 Å². The fourth-order valence-electron chi connectivity index (χ4n) is 4.12. The average Bonchev–Trinajstić information content (AvgIpc) is 2.88. The van der Waals surface area contributed by atoms with E-state index in [0.717, 1.165) is 44.4 Å². The molecule has 1 heterocycles. The third-order valence-corrected chi connectivity index (χ3v) is 6.80. The zero-order valence-corrected chi connectivity index (χ0v) is 22.9. The molecule has 0 aliphatic carbocycles. The van der Waals surface area contributed by atoms with Crippen LogP contribution < -0.4 is 10.2 Å². The normalized spacial score (nSPS) is 10.7. The molecule has 0 saturated carbocycles. The Morgan fingerprint density at radius 2 is 1.64 bits per heavy atom. The van der Waals surface area contributed by atoms with Crippen LogP contribution in [0.15, 0.2) is 83.9 Å². The van der Waals surface area contributed by atoms with Crippen molar-refractivity contribution in [1.82, 2.24) is 4.57 Å². The van der Waals surface area contributed by atoms with Crippen molar-refractivity contribution in [1.29, 1.82) is 5.26 Å². The van der Waals surface area contributed by atoms with Gasteiger partial charge in [-0.2, -0.15) is 5.26 Å². The minimum absolute atomic E-state index is 0.0558. The van der Waals surface area contributed by atoms with Crippen LogP contribution in [-0.2, 0) is 19.4 Å². The van der Waals surface area contributed by atoms with Crippen molar-refractivity contribution in [3.63, 3.8) is 0 Å². The maximum Gasteiger partial charge on any atom is 0.197 e. The van der Waals surface area contributed by atoms with Gasteiger partial charge in [-0.3, -0.25) is 4.79 Å². The first kappa shape index (κ1) is 26.0. The Balaban J connectivity index is 1.82. The van der Waals surface area contributed by atoms with E-state index in [4.69, 9.17) is 16.3 Å². The van der Waals surface area contributed by atoms with Gasteiger partial charge in [0.2, 0.25) is 0 Å². The van der Waals surface area contributed by atoms with E-state index in [-0.39, 0.29) is 5.43 Å². The van der Waals surface area contributed by atoms with Gasteiger partial charge in [0.15, 0.2) is 5.43 Å². The number of aromatic nitrogens is 1. The predicted molar refractivity (Wildman–Crippen MR) is 155 cm³/mol. The van der Waals surface area contributed by atoms with Crippen molar-refractivity contribution in [2.75, 3.05) is 5.88 Å². The van der Waals surface area contributed by atoms with Crippen molar-refractivity contribution < 1.29 is 4.74 Å². The van der Waals surface area contributed by atoms with Crippen LogP contribution in [0.4, 0.5) is 0 Å². The topological polar surface area (TPSA) is 55.0 Å². The van der Waals surface area contributed by atoms with Crippen LogP contribution in [0.2, 0.25) is 0 Å². The minimum Gasteiger partial charge on any atom is -0.457 e. The van der Waals surface area contributed by atoms with Crippen LogP contribution in [0.3, 0.4) is 0 Å². The molecule has 3 aromatic carbocycles. The molecule has 0 radical (unpaired) electrons. The first-order chi connectivity index (χ1) is 17.5. The van der Waals surface area contributed by atoms with E-state index < -0.39 is 0 Å². The number of hydrogen-bond acceptors (Lipinski definition) is 3. The van der Waals surface area contributed by atoms with Crippen LogP contribution in [0, 0.1) is 14.9 Å². The highest BCUT2D eigenvalue weighted by Crippen LogP contribution is 2.29. The van der Waals surface area contributed by atoms with Gasteiger partial charge >= 0.3 is 0 Å². The van der Waals surface area contributed by atoms with Gasteiger partial charge in [0, 0.05) is 39.5 Å². The van der Waals surface area contributed by atoms with Gasteiger partial charge in [0.25, 0.3) is 0 Å². The highest BCUT2D eigenvalue weighted by Gasteiger charge is 2.14. The first-order valence-corrected chi connectivity index (χ1v) is 13.5. The molecule has 0 atom stereocenters. The third-order valence-electron chi connectivity index (χ3n) is 5.86. The Labute approximate surface area is 230 Å². The van der Waals surface area contributed by atoms with Gasteiger partial charge in [-0.05, 0) is 94.1 Å². The SMILES string of the molecule is CCc1cc(CC#N)cc(-c2cn(CCCCl)cc(-c3cccc(Oc4cccc(I)c4)c3)c2=O)c1. The molecule has 4 aromatic rings. The molecule has 4 nitrogen and oxygen atoms in total. The Kier molecular flexibility index (Phi) is 8.84. The lowest BCUT2D eigenvalue weighted by Gasteiger charge is -2.14. The highest BCUT2D eigenvalue weighted by atomic mass is 127. The summed E-state index contributed by atoms with van der Waals surface area (Å²) in [5, 5.41) is 9.24. The molecule has 0 amide bonds. The van der Waals surface area contributed by atoms with Crippen molar-refractivity contribution in [3.8, 4) is 39.8 Å². The van der Waals surface area contributed by atoms with Gasteiger partial charge in [-0.15, -0.1) is 11.6 Å². The standard InChI is InChI=1S/C30H26ClIN2O2/c1-2-21-14-22(10-12-33)16-24(15-21)29-20-34(13-5-11-31)19-28(30(29)35)23-6-3-8-26(17-23)36-27-9-4-7-25(32)18-27/h3-4,6-9,14-20H,2,5,10-11,13H2,1H3. The van der Waals surface area contributed by atoms with Gasteiger partial charge in [-0.1, -0.05) is 37.3 Å². The summed E-state index contributed by atoms with van der Waals surface area (Å²) in [7, 11) is 0. The lowest BCUT2D eigenvalue weighted by Crippen LogP contribution is -2.14. The number of nitriles is 1. The Morgan fingerprint density at radius 1 is 0.944 bits per heavy atom. The molecule has 0 N–H and O–H groups in total. The molecule has 0 aliphatic heterocycles. The highest BCUT2D eigenvalue weighted by molar-refractivity contribution is 14.1. The summed E-state index contributed by atoms with van der Waals surface area (Å²) >= 11 is 8.23. The minimum atomic E-state index is -0.0558. The molecular weight excluding hydrogens is 583 g/mol. The number of rotatable bonds is 9. The largest absolute Gasteiger partial charge is 0.457 e. The molecule has 0 unspecified atom stereocenters. The smallest absolute Gasteiger partial charge is 0.197 e. The molecule has 1 aromatic heterocycles. The Bertz CT molecular complexity index is 1470. The van der Waals surface area contributed by atoms with Crippen molar-refractivity contribution in [2.45, 2.75) is 32.7 Å². The third kappa shape index (κ3) is 6.37. The number of alkyl halides is 1. The summed E-state index contributed by atoms with van der Waals surface area (Å²) in [6.07, 6.45) is 5.70. The maximum atomic E-state index is 13.8. The average molecular weight is 609 g/mol. The van der Waals surface area contributed by atoms with Crippen LogP contribution in [0.1, 0.15) is 24.5 Å². The van der Waals surface area contributed by atoms with E-state index in [1.165, 1.54) is 0 Å². The van der Waals surface area contributed by atoms with Crippen molar-refractivity contribution in [3.05, 3.63) is 104 Å². The monoisotopic (exact) mass is 608 g/mol. The lowest BCUT2D eigenvalue weighted by atomic mass is 9.96. The van der Waals surface area contributed by atoms with Gasteiger partial charge < -0.3 is 9.30 Å². The zero-order chi connectivity index (χ0) is 25.5. The van der Waals surface area contributed by atoms with E-state index in [2.05, 4.69) is 35.6 Å². The number of ether oxygens (including phenoxy) is 1. The van der Waals surface area contributed by atoms with E-state index >= 15 is 0 Å². The molecule has 4 rings (SSSR count). The Morgan fingerprint density at radius 3 is 2.33 bits per heavy atom. The summed E-state index contributed by atoms with van der Waals surface area (Å²) in [4.78, 5) is 13.8. The van der Waals surface area contributed by atoms with Crippen LogP contribution in [0.5, 0.6) is 11.5 Å². The van der Waals surface area contributed by atoms with Crippen LogP contribution in [-0.4, -0.2) is 10.4 Å². The maximum absolute atomic E-state index is 13.8. The molecule has 0 bridgehead atoms. The fourth-order valence-corrected chi connectivity index (χ4v) is 4.76. The van der Waals surface area contributed by atoms with Gasteiger partial charge in [0.1, 0.15) is 11.5 Å². The molecule has 0 fully saturated rings. The molecule has 0 aliphatic rings. The lowest BCUT2D eigenvalue weighted by molar-refractivity contribution is 0.482. The summed E-state index contributed by atoms with van der Waals surface area (Å²) in [5.41, 5.74) is 4.78. The summed E-state index contributed by atoms with van der Waals surface area (Å²) in [6, 6.07) is 23.7. The summed E-state index contributed by atoms with van der Waals surface area (Å²) in [6.45, 7) is 2.77. The predicted octanol–water partition coefficient (Wildman–Crippen LogP) is 7.84. The Hall–Kier alpha value is -3.08. The number of benzene rings is 3. The van der Waals surface area contributed by atoms with E-state index in [1.54, 1.807) is 0 Å². The number of hydrogen-bond donors (Lipinski definition) is 0. The summed E-state index contributed by atoms with van der Waals surface area (Å²) < 4.78 is 9.20. The molecule has 0 spiro atoms. The molecular formula is C30H26ClIN2O2. The van der Waals surface area contributed by atoms with Gasteiger partial charge in [0.05, 0.1) is 12.5 Å². The fraction of sp³-hybridized carbons (Fsp3) is 0.200. The van der Waals surface area contributed by atoms with Crippen LogP contribution in [0.25, 0.3) is 22.3 Å². The summed E-state index contributed by atoms with van der Waals surface area (Å²) in [5.74, 6) is 1.94. The quantitative estimate of drug-likeness (QED) is 0.144. The molecule has 182 valence electrons. The molecule has 6 heteroatoms. The first-order valence-electron chi connectivity index (χ1n) is 11.8. The second-order valence-electron chi connectivity index (χ2n) is 8.51. The molecule has 36 heavy (non-hydrogen) atoms. The number of aryl methyl sites for hydroxylation is 2. The second-order valence-corrected chi connectivity index (χ2v) is 10.1. The number of pyridine rings is 1. The number of nitrogens with zero attached hydrogens (tertiary/aromatic N) is 2. The zero-order valence-electron chi connectivity index (χ0n) is 20.0. The van der Waals surface area contributed by atoms with Crippen LogP contribution >= 0.6 is 34.2 Å². The molecule has 0 saturated heterocycles. The number of halogens is 2. The van der Waals surface area contributed by atoms with E-state index in [1.807, 2.05) is 83.7 Å².